The normalized spacial score (nSPS) is 47.7. The quantitative estimate of drug-likeness (QED) is 0.463. The molecule has 4 rings (SSSR count). The number of esters is 2. The molecule has 0 aromatic carbocycles. The summed E-state index contributed by atoms with van der Waals surface area (Å²) in [5, 5.41) is 10.7. The Bertz CT molecular complexity index is 677. The Morgan fingerprint density at radius 2 is 2.12 bits per heavy atom. The van der Waals surface area contributed by atoms with E-state index in [1.165, 1.54) is 0 Å². The number of carbonyl (C=O) groups excluding carboxylic acids is 2. The van der Waals surface area contributed by atoms with Gasteiger partial charge in [-0.1, -0.05) is 20.1 Å². The maximum absolute atomic E-state index is 12.1. The Morgan fingerprint density at radius 1 is 1.44 bits per heavy atom. The molecule has 0 bridgehead atoms. The summed E-state index contributed by atoms with van der Waals surface area (Å²) in [7, 11) is 0. The van der Waals surface area contributed by atoms with E-state index in [0.29, 0.717) is 30.6 Å². The molecule has 2 aliphatic carbocycles. The van der Waals surface area contributed by atoms with Crippen LogP contribution in [0.1, 0.15) is 33.1 Å². The Labute approximate surface area is 146 Å². The summed E-state index contributed by atoms with van der Waals surface area (Å²) in [6.07, 6.45) is 0.191. The van der Waals surface area contributed by atoms with Gasteiger partial charge in [0.1, 0.15) is 12.2 Å². The van der Waals surface area contributed by atoms with Crippen molar-refractivity contribution in [2.24, 2.45) is 17.3 Å². The standard InChI is InChI=1S/C19H24O6/c1-9(2)16(21)24-12-5-6-19(8-23-19)15-14-13(10(3)17(22)25-14)11(20)7-18(12,15)4/h11-15,20H,1,3,5-8H2,2,4H3. The summed E-state index contributed by atoms with van der Waals surface area (Å²) in [5.41, 5.74) is -0.213. The lowest BCUT2D eigenvalue weighted by Gasteiger charge is -2.56. The first kappa shape index (κ1) is 16.8. The van der Waals surface area contributed by atoms with Crippen LogP contribution in [0.2, 0.25) is 0 Å². The predicted molar refractivity (Wildman–Crippen MR) is 87.3 cm³/mol. The third-order valence-electron chi connectivity index (χ3n) is 6.61. The van der Waals surface area contributed by atoms with Crippen molar-refractivity contribution in [3.63, 3.8) is 0 Å². The van der Waals surface area contributed by atoms with Gasteiger partial charge in [-0.3, -0.25) is 0 Å². The van der Waals surface area contributed by atoms with Crippen molar-refractivity contribution in [2.45, 2.75) is 57.0 Å². The molecule has 2 heterocycles. The van der Waals surface area contributed by atoms with E-state index < -0.39 is 35.5 Å². The van der Waals surface area contributed by atoms with Crippen molar-refractivity contribution in [1.29, 1.82) is 0 Å². The van der Waals surface area contributed by atoms with Crippen molar-refractivity contribution in [3.05, 3.63) is 24.3 Å². The molecule has 6 heteroatoms. The highest BCUT2D eigenvalue weighted by atomic mass is 16.6. The Morgan fingerprint density at radius 3 is 2.72 bits per heavy atom. The maximum atomic E-state index is 12.1. The molecule has 6 nitrogen and oxygen atoms in total. The molecule has 2 saturated heterocycles. The third kappa shape index (κ3) is 2.23. The maximum Gasteiger partial charge on any atom is 0.334 e. The van der Waals surface area contributed by atoms with Gasteiger partial charge in [0.25, 0.3) is 0 Å². The average Bonchev–Trinajstić information content (AvgIpc) is 3.22. The molecule has 1 N–H and O–H groups in total. The smallest absolute Gasteiger partial charge is 0.334 e. The second kappa shape index (κ2) is 5.17. The molecule has 136 valence electrons. The van der Waals surface area contributed by atoms with Crippen LogP contribution in [0.5, 0.6) is 0 Å². The van der Waals surface area contributed by atoms with Gasteiger partial charge in [-0.25, -0.2) is 9.59 Å². The van der Waals surface area contributed by atoms with E-state index in [0.717, 1.165) is 6.42 Å². The number of hydrogen-bond acceptors (Lipinski definition) is 6. The van der Waals surface area contributed by atoms with Crippen LogP contribution < -0.4 is 0 Å². The molecule has 25 heavy (non-hydrogen) atoms. The molecule has 2 saturated carbocycles. The minimum atomic E-state index is -0.759. The largest absolute Gasteiger partial charge is 0.458 e. The van der Waals surface area contributed by atoms with Crippen LogP contribution in [-0.4, -0.2) is 47.6 Å². The first-order valence-electron chi connectivity index (χ1n) is 8.78. The number of epoxide rings is 1. The van der Waals surface area contributed by atoms with Gasteiger partial charge < -0.3 is 19.3 Å². The van der Waals surface area contributed by atoms with Crippen LogP contribution in [-0.2, 0) is 23.8 Å². The van der Waals surface area contributed by atoms with Gasteiger partial charge in [-0.05, 0) is 26.2 Å². The van der Waals surface area contributed by atoms with Gasteiger partial charge in [0.2, 0.25) is 0 Å². The molecule has 0 aromatic heterocycles. The minimum absolute atomic E-state index is 0.131. The van der Waals surface area contributed by atoms with Crippen LogP contribution >= 0.6 is 0 Å². The van der Waals surface area contributed by atoms with Crippen LogP contribution in [0.4, 0.5) is 0 Å². The number of ether oxygens (including phenoxy) is 3. The van der Waals surface area contributed by atoms with Crippen LogP contribution in [0.25, 0.3) is 0 Å². The minimum Gasteiger partial charge on any atom is -0.458 e. The fourth-order valence-corrected chi connectivity index (χ4v) is 5.35. The highest BCUT2D eigenvalue weighted by molar-refractivity contribution is 5.91. The lowest BCUT2D eigenvalue weighted by atomic mass is 9.51. The topological polar surface area (TPSA) is 85.4 Å². The fraction of sp³-hybridized carbons (Fsp3) is 0.684. The lowest BCUT2D eigenvalue weighted by Crippen LogP contribution is -2.63. The lowest BCUT2D eigenvalue weighted by molar-refractivity contribution is -0.202. The van der Waals surface area contributed by atoms with Crippen molar-refractivity contribution in [2.75, 3.05) is 6.61 Å². The van der Waals surface area contributed by atoms with Crippen molar-refractivity contribution < 1.29 is 28.9 Å². The number of hydrogen-bond donors (Lipinski definition) is 1. The molecule has 0 aromatic rings. The molecule has 2 aliphatic heterocycles. The summed E-state index contributed by atoms with van der Waals surface area (Å²) < 4.78 is 17.2. The Balaban J connectivity index is 1.72. The summed E-state index contributed by atoms with van der Waals surface area (Å²) in [6.45, 7) is 11.7. The number of carbonyl (C=O) groups is 2. The molecular formula is C19H24O6. The summed E-state index contributed by atoms with van der Waals surface area (Å²) in [6, 6.07) is 0. The van der Waals surface area contributed by atoms with Gasteiger partial charge in [0.05, 0.1) is 24.2 Å². The first-order chi connectivity index (χ1) is 11.7. The van der Waals surface area contributed by atoms with E-state index in [9.17, 15) is 14.7 Å². The van der Waals surface area contributed by atoms with Crippen LogP contribution in [0, 0.1) is 17.3 Å². The van der Waals surface area contributed by atoms with Gasteiger partial charge in [-0.2, -0.15) is 0 Å². The predicted octanol–water partition coefficient (Wildman–Crippen LogP) is 1.52. The second-order valence-electron chi connectivity index (χ2n) is 8.24. The van der Waals surface area contributed by atoms with E-state index >= 15 is 0 Å². The zero-order chi connectivity index (χ0) is 18.1. The van der Waals surface area contributed by atoms with Crippen molar-refractivity contribution in [3.8, 4) is 0 Å². The fourth-order valence-electron chi connectivity index (χ4n) is 5.35. The van der Waals surface area contributed by atoms with Gasteiger partial charge >= 0.3 is 11.9 Å². The molecule has 0 amide bonds. The van der Waals surface area contributed by atoms with Crippen LogP contribution in [0.3, 0.4) is 0 Å². The Kier molecular flexibility index (Phi) is 3.48. The molecule has 0 radical (unpaired) electrons. The molecule has 7 unspecified atom stereocenters. The monoisotopic (exact) mass is 348 g/mol. The average molecular weight is 348 g/mol. The van der Waals surface area contributed by atoms with E-state index in [-0.39, 0.29) is 17.6 Å². The number of rotatable bonds is 2. The van der Waals surface area contributed by atoms with Gasteiger partial charge in [-0.15, -0.1) is 0 Å². The van der Waals surface area contributed by atoms with Crippen molar-refractivity contribution in [1.82, 2.24) is 0 Å². The highest BCUT2D eigenvalue weighted by Gasteiger charge is 2.72. The number of aliphatic hydroxyl groups excluding tert-OH is 1. The highest BCUT2D eigenvalue weighted by Crippen LogP contribution is 2.63. The van der Waals surface area contributed by atoms with Crippen LogP contribution in [0.15, 0.2) is 24.3 Å². The summed E-state index contributed by atoms with van der Waals surface area (Å²) >= 11 is 0. The zero-order valence-electron chi connectivity index (χ0n) is 14.6. The molecule has 1 spiro atoms. The molecular weight excluding hydrogens is 324 g/mol. The van der Waals surface area contributed by atoms with Gasteiger partial charge in [0, 0.05) is 22.5 Å². The number of fused-ring (bicyclic) bond motifs is 4. The SMILES string of the molecule is C=C(C)C(=O)OC1CCC2(CO2)C2C3OC(=O)C(=C)C3C(O)CC12C. The number of aliphatic hydroxyl groups is 1. The second-order valence-corrected chi connectivity index (χ2v) is 8.24. The summed E-state index contributed by atoms with van der Waals surface area (Å²) in [4.78, 5) is 24.2. The zero-order valence-corrected chi connectivity index (χ0v) is 14.6. The third-order valence-corrected chi connectivity index (χ3v) is 6.61. The summed E-state index contributed by atoms with van der Waals surface area (Å²) in [5.74, 6) is -1.42. The van der Waals surface area contributed by atoms with Crippen molar-refractivity contribution >= 4 is 11.9 Å². The molecule has 4 aliphatic rings. The van der Waals surface area contributed by atoms with Gasteiger partial charge in [0.15, 0.2) is 0 Å². The van der Waals surface area contributed by atoms with E-state index in [2.05, 4.69) is 13.2 Å². The Hall–Kier alpha value is -1.66. The van der Waals surface area contributed by atoms with E-state index in [4.69, 9.17) is 14.2 Å². The van der Waals surface area contributed by atoms with E-state index in [1.807, 2.05) is 6.92 Å². The molecule has 7 atom stereocenters. The van der Waals surface area contributed by atoms with E-state index in [1.54, 1.807) is 6.92 Å². The first-order valence-corrected chi connectivity index (χ1v) is 8.78. The molecule has 4 fully saturated rings.